The van der Waals surface area contributed by atoms with E-state index in [1.165, 1.54) is 25.7 Å². The molecule has 4 nitrogen and oxygen atoms in total. The highest BCUT2D eigenvalue weighted by Gasteiger charge is 2.07. The van der Waals surface area contributed by atoms with Gasteiger partial charge in [0.05, 0.1) is 13.2 Å². The molecule has 150 valence electrons. The molecule has 0 aromatic rings. The summed E-state index contributed by atoms with van der Waals surface area (Å²) in [6, 6.07) is 0. The molecule has 26 heavy (non-hydrogen) atoms. The average molecular weight is 367 g/mol. The van der Waals surface area contributed by atoms with Gasteiger partial charge in [-0.3, -0.25) is 9.59 Å². The van der Waals surface area contributed by atoms with Gasteiger partial charge in [-0.2, -0.15) is 0 Å². The number of carbonyl (C=O) groups excluding carboxylic acids is 2. The molecule has 0 aromatic heterocycles. The smallest absolute Gasteiger partial charge is 0.305 e. The van der Waals surface area contributed by atoms with E-state index in [2.05, 4.69) is 25.7 Å². The van der Waals surface area contributed by atoms with Crippen LogP contribution in [0.3, 0.4) is 0 Å². The van der Waals surface area contributed by atoms with E-state index in [4.69, 9.17) is 9.47 Å². The van der Waals surface area contributed by atoms with Crippen molar-refractivity contribution < 1.29 is 19.1 Å². The van der Waals surface area contributed by atoms with Gasteiger partial charge in [0.15, 0.2) is 0 Å². The molecule has 0 aliphatic carbocycles. The zero-order valence-electron chi connectivity index (χ0n) is 16.9. The van der Waals surface area contributed by atoms with Gasteiger partial charge in [-0.15, -0.1) is 11.8 Å². The Kier molecular flexibility index (Phi) is 18.7. The van der Waals surface area contributed by atoms with Crippen LogP contribution in [0.1, 0.15) is 104 Å². The fourth-order valence-electron chi connectivity index (χ4n) is 2.48. The van der Waals surface area contributed by atoms with Gasteiger partial charge in [-0.1, -0.05) is 52.4 Å². The first-order valence-electron chi connectivity index (χ1n) is 10.5. The molecule has 0 atom stereocenters. The number of carbonyl (C=O) groups is 2. The first-order chi connectivity index (χ1) is 12.7. The third-order valence-corrected chi connectivity index (χ3v) is 4.03. The van der Waals surface area contributed by atoms with Crippen molar-refractivity contribution >= 4 is 11.9 Å². The van der Waals surface area contributed by atoms with E-state index >= 15 is 0 Å². The van der Waals surface area contributed by atoms with Crippen LogP contribution < -0.4 is 0 Å². The summed E-state index contributed by atoms with van der Waals surface area (Å²) in [4.78, 5) is 23.1. The molecule has 0 aromatic carbocycles. The van der Waals surface area contributed by atoms with Crippen molar-refractivity contribution in [1.82, 2.24) is 0 Å². The topological polar surface area (TPSA) is 52.6 Å². The van der Waals surface area contributed by atoms with Gasteiger partial charge in [-0.25, -0.2) is 0 Å². The van der Waals surface area contributed by atoms with Crippen molar-refractivity contribution in [2.45, 2.75) is 104 Å². The molecule has 0 rings (SSSR count). The lowest BCUT2D eigenvalue weighted by Crippen LogP contribution is -2.09. The Morgan fingerprint density at radius 2 is 1.19 bits per heavy atom. The Morgan fingerprint density at radius 3 is 1.77 bits per heavy atom. The molecule has 0 unspecified atom stereocenters. The Morgan fingerprint density at radius 1 is 0.654 bits per heavy atom. The van der Waals surface area contributed by atoms with Gasteiger partial charge in [0.25, 0.3) is 0 Å². The minimum absolute atomic E-state index is 0.210. The molecule has 0 fully saturated rings. The number of unbranched alkanes of at least 4 members (excludes halogenated alkanes) is 8. The van der Waals surface area contributed by atoms with Crippen LogP contribution in [0.2, 0.25) is 0 Å². The second kappa shape index (κ2) is 19.8. The molecule has 0 spiro atoms. The number of hydrogen-bond donors (Lipinski definition) is 0. The van der Waals surface area contributed by atoms with E-state index in [1.807, 2.05) is 0 Å². The van der Waals surface area contributed by atoms with E-state index < -0.39 is 0 Å². The maximum atomic E-state index is 11.6. The summed E-state index contributed by atoms with van der Waals surface area (Å²) in [6.07, 6.45) is 13.0. The van der Waals surface area contributed by atoms with Crippen molar-refractivity contribution in [1.29, 1.82) is 0 Å². The lowest BCUT2D eigenvalue weighted by Gasteiger charge is -2.06. The molecule has 0 aliphatic rings. The van der Waals surface area contributed by atoms with Gasteiger partial charge in [0.1, 0.15) is 0 Å². The molecule has 0 heterocycles. The minimum Gasteiger partial charge on any atom is -0.466 e. The third-order valence-electron chi connectivity index (χ3n) is 4.03. The molecular formula is C22H38O4. The third kappa shape index (κ3) is 18.8. The van der Waals surface area contributed by atoms with E-state index in [1.54, 1.807) is 0 Å². The summed E-state index contributed by atoms with van der Waals surface area (Å²) < 4.78 is 10.3. The molecule has 0 aliphatic heterocycles. The predicted molar refractivity (Wildman–Crippen MR) is 106 cm³/mol. The van der Waals surface area contributed by atoms with E-state index in [0.29, 0.717) is 32.5 Å². The van der Waals surface area contributed by atoms with Crippen LogP contribution in [0.4, 0.5) is 0 Å². The first-order valence-corrected chi connectivity index (χ1v) is 10.5. The molecule has 0 N–H and O–H groups in total. The fraction of sp³-hybridized carbons (Fsp3) is 0.818. The van der Waals surface area contributed by atoms with Gasteiger partial charge in [-0.05, 0) is 25.7 Å². The van der Waals surface area contributed by atoms with Crippen LogP contribution in [0.5, 0.6) is 0 Å². The normalized spacial score (nSPS) is 10.1. The second-order valence-corrected chi connectivity index (χ2v) is 6.58. The zero-order chi connectivity index (χ0) is 19.3. The van der Waals surface area contributed by atoms with Crippen LogP contribution >= 0.6 is 0 Å². The molecule has 0 amide bonds. The summed E-state index contributed by atoms with van der Waals surface area (Å²) in [7, 11) is 0. The zero-order valence-corrected chi connectivity index (χ0v) is 16.9. The fourth-order valence-corrected chi connectivity index (χ4v) is 2.48. The van der Waals surface area contributed by atoms with Gasteiger partial charge >= 0.3 is 11.9 Å². The monoisotopic (exact) mass is 366 g/mol. The van der Waals surface area contributed by atoms with Crippen LogP contribution in [-0.4, -0.2) is 25.2 Å². The quantitative estimate of drug-likeness (QED) is 0.203. The lowest BCUT2D eigenvalue weighted by atomic mass is 10.1. The van der Waals surface area contributed by atoms with E-state index in [-0.39, 0.29) is 11.9 Å². The molecule has 0 saturated heterocycles. The van der Waals surface area contributed by atoms with Crippen molar-refractivity contribution in [2.24, 2.45) is 0 Å². The van der Waals surface area contributed by atoms with Gasteiger partial charge in [0.2, 0.25) is 0 Å². The Bertz CT molecular complexity index is 406. The molecule has 0 radical (unpaired) electrons. The Hall–Kier alpha value is -1.50. The van der Waals surface area contributed by atoms with Gasteiger partial charge < -0.3 is 9.47 Å². The minimum atomic E-state index is -0.213. The SMILES string of the molecule is CCC#CCCCCCCCCOC(=O)CCCC(=O)OCCCCC. The summed E-state index contributed by atoms with van der Waals surface area (Å²) >= 11 is 0. The Labute approximate surface area is 160 Å². The number of rotatable bonds is 16. The summed E-state index contributed by atoms with van der Waals surface area (Å²) in [5.74, 6) is 5.83. The largest absolute Gasteiger partial charge is 0.466 e. The van der Waals surface area contributed by atoms with Crippen molar-refractivity contribution in [3.63, 3.8) is 0 Å². The first kappa shape index (κ1) is 24.5. The highest BCUT2D eigenvalue weighted by Crippen LogP contribution is 2.08. The predicted octanol–water partition coefficient (Wildman–Crippen LogP) is 5.58. The van der Waals surface area contributed by atoms with Crippen LogP contribution in [-0.2, 0) is 19.1 Å². The average Bonchev–Trinajstić information content (AvgIpc) is 2.63. The highest BCUT2D eigenvalue weighted by molar-refractivity contribution is 5.72. The molecule has 4 heteroatoms. The summed E-state index contributed by atoms with van der Waals surface area (Å²) in [5.41, 5.74) is 0. The summed E-state index contributed by atoms with van der Waals surface area (Å²) in [6.45, 7) is 5.16. The second-order valence-electron chi connectivity index (χ2n) is 6.58. The van der Waals surface area contributed by atoms with Crippen LogP contribution in [0.25, 0.3) is 0 Å². The maximum Gasteiger partial charge on any atom is 0.305 e. The van der Waals surface area contributed by atoms with Crippen LogP contribution in [0, 0.1) is 11.8 Å². The van der Waals surface area contributed by atoms with E-state index in [0.717, 1.165) is 44.9 Å². The lowest BCUT2D eigenvalue weighted by molar-refractivity contribution is -0.145. The molecule has 0 bridgehead atoms. The van der Waals surface area contributed by atoms with Crippen LogP contribution in [0.15, 0.2) is 0 Å². The van der Waals surface area contributed by atoms with Crippen molar-refractivity contribution in [3.05, 3.63) is 0 Å². The molecule has 0 saturated carbocycles. The Balaban J connectivity index is 3.32. The van der Waals surface area contributed by atoms with Crippen molar-refractivity contribution in [3.8, 4) is 11.8 Å². The number of ether oxygens (including phenoxy) is 2. The van der Waals surface area contributed by atoms with Crippen molar-refractivity contribution in [2.75, 3.05) is 13.2 Å². The number of esters is 2. The number of hydrogen-bond acceptors (Lipinski definition) is 4. The van der Waals surface area contributed by atoms with Gasteiger partial charge in [0, 0.05) is 25.7 Å². The highest BCUT2D eigenvalue weighted by atomic mass is 16.5. The van der Waals surface area contributed by atoms with E-state index in [9.17, 15) is 9.59 Å². The maximum absolute atomic E-state index is 11.6. The summed E-state index contributed by atoms with van der Waals surface area (Å²) in [5, 5.41) is 0. The molecular weight excluding hydrogens is 328 g/mol. The standard InChI is InChI=1S/C22H38O4/c1-3-5-7-8-9-10-11-12-13-15-20-26-22(24)18-16-17-21(23)25-19-14-6-4-2/h3-4,6,8-20H2,1-2H3.